The summed E-state index contributed by atoms with van der Waals surface area (Å²) in [6, 6.07) is -1.72. The summed E-state index contributed by atoms with van der Waals surface area (Å²) >= 11 is 0. The number of nitrogens with zero attached hydrogens (tertiary/aromatic N) is 1. The summed E-state index contributed by atoms with van der Waals surface area (Å²) in [5.74, 6) is -1.89. The van der Waals surface area contributed by atoms with Crippen LogP contribution in [0.4, 0.5) is 0 Å². The Morgan fingerprint density at radius 1 is 0.547 bits per heavy atom. The molecule has 0 aromatic rings. The molecule has 9 N–H and O–H groups in total. The Balaban J connectivity index is 5.78. The summed E-state index contributed by atoms with van der Waals surface area (Å²) in [5.41, 5.74) is 17.2. The van der Waals surface area contributed by atoms with Crippen molar-refractivity contribution in [1.82, 2.24) is 10.6 Å². The van der Waals surface area contributed by atoms with E-state index in [-0.39, 0.29) is 16.8 Å². The molecule has 2 atom stereocenters. The fourth-order valence-electron chi connectivity index (χ4n) is 7.72. The Labute approximate surface area is 326 Å². The van der Waals surface area contributed by atoms with Crippen LogP contribution in [0, 0.1) is 0 Å². The van der Waals surface area contributed by atoms with Gasteiger partial charge in [0.05, 0.1) is 19.5 Å². The van der Waals surface area contributed by atoms with Crippen LogP contribution < -0.4 is 27.8 Å². The molecule has 0 aromatic carbocycles. The molecule has 314 valence electrons. The third kappa shape index (κ3) is 27.6. The molecule has 0 aliphatic heterocycles. The summed E-state index contributed by atoms with van der Waals surface area (Å²) in [6.07, 6.45) is 31.3. The number of carbonyl (C=O) groups excluding carboxylic acids is 2. The summed E-state index contributed by atoms with van der Waals surface area (Å²) < 4.78 is -0.214. The minimum absolute atomic E-state index is 0.108. The largest absolute Gasteiger partial charge is 0.477 e. The Kier molecular flexibility index (Phi) is 36.2. The minimum Gasteiger partial charge on any atom is -0.477 e. The number of quaternary nitrogens is 1. The minimum atomic E-state index is -1.19. The molecule has 2 amide bonds. The van der Waals surface area contributed by atoms with Crippen LogP contribution in [0.5, 0.6) is 0 Å². The van der Waals surface area contributed by atoms with Crippen molar-refractivity contribution in [3.63, 3.8) is 0 Å². The summed E-state index contributed by atoms with van der Waals surface area (Å²) in [6.45, 7) is 8.64. The van der Waals surface area contributed by atoms with E-state index in [1.165, 1.54) is 103 Å². The van der Waals surface area contributed by atoms with Crippen LogP contribution in [0.15, 0.2) is 0 Å². The van der Waals surface area contributed by atoms with E-state index in [9.17, 15) is 19.5 Å². The van der Waals surface area contributed by atoms with Gasteiger partial charge >= 0.3 is 11.9 Å². The maximum Gasteiger partial charge on any atom is 0.363 e. The van der Waals surface area contributed by atoms with E-state index in [1.807, 2.05) is 0 Å². The number of rotatable bonds is 42. The molecule has 0 rings (SSSR count). The topological polar surface area (TPSA) is 174 Å². The second kappa shape index (κ2) is 37.3. The van der Waals surface area contributed by atoms with Crippen molar-refractivity contribution >= 4 is 17.8 Å². The van der Waals surface area contributed by atoms with Gasteiger partial charge in [-0.2, -0.15) is 0 Å². The van der Waals surface area contributed by atoms with Gasteiger partial charge in [-0.15, -0.1) is 0 Å². The van der Waals surface area contributed by atoms with Crippen molar-refractivity contribution in [3.8, 4) is 0 Å². The highest BCUT2D eigenvalue weighted by Gasteiger charge is 2.50. The molecular weight excluding hydrogens is 665 g/mol. The van der Waals surface area contributed by atoms with Crippen molar-refractivity contribution in [2.45, 2.75) is 212 Å². The Bertz CT molecular complexity index is 833. The van der Waals surface area contributed by atoms with E-state index in [1.54, 1.807) is 0 Å². The summed E-state index contributed by atoms with van der Waals surface area (Å²) in [7, 11) is 0. The van der Waals surface area contributed by atoms with Gasteiger partial charge in [-0.1, -0.05) is 142 Å². The predicted molar refractivity (Wildman–Crippen MR) is 224 cm³/mol. The second-order valence-corrected chi connectivity index (χ2v) is 15.8. The molecule has 0 aromatic heterocycles. The Hall–Kier alpha value is -1.59. The van der Waals surface area contributed by atoms with E-state index in [0.717, 1.165) is 83.7 Å². The van der Waals surface area contributed by atoms with Crippen molar-refractivity contribution in [2.24, 2.45) is 17.2 Å². The number of carbonyl (C=O) groups is 3. The van der Waals surface area contributed by atoms with Gasteiger partial charge in [0.1, 0.15) is 6.04 Å². The van der Waals surface area contributed by atoms with E-state index in [0.29, 0.717) is 39.1 Å². The summed E-state index contributed by atoms with van der Waals surface area (Å²) in [5, 5.41) is 17.5. The number of primary amides is 1. The van der Waals surface area contributed by atoms with Crippen LogP contribution in [0.25, 0.3) is 0 Å². The van der Waals surface area contributed by atoms with E-state index in [2.05, 4.69) is 24.5 Å². The maximum absolute atomic E-state index is 14.9. The van der Waals surface area contributed by atoms with Crippen molar-refractivity contribution in [3.05, 3.63) is 0 Å². The molecule has 0 bridgehead atoms. The molecule has 0 heterocycles. The predicted octanol–water partition coefficient (Wildman–Crippen LogP) is 8.09. The van der Waals surface area contributed by atoms with Gasteiger partial charge < -0.3 is 32.9 Å². The number of nitrogens with two attached hydrogens (primary N) is 3. The highest BCUT2D eigenvalue weighted by Crippen LogP contribution is 2.26. The van der Waals surface area contributed by atoms with Crippen molar-refractivity contribution in [1.29, 1.82) is 0 Å². The monoisotopic (exact) mass is 754 g/mol. The number of hydrogen-bond acceptors (Lipinski definition) is 7. The lowest BCUT2D eigenvalue weighted by Gasteiger charge is -2.42. The van der Waals surface area contributed by atoms with Gasteiger partial charge in [0, 0.05) is 0 Å². The quantitative estimate of drug-likeness (QED) is 0.0268. The zero-order valence-electron chi connectivity index (χ0n) is 35.0. The third-order valence-corrected chi connectivity index (χ3v) is 11.0. The lowest BCUT2D eigenvalue weighted by Crippen LogP contribution is -2.68. The molecule has 0 spiro atoms. The number of unbranched alkanes of at least 4 members (excludes halogenated alkanes) is 22. The average Bonchev–Trinajstić information content (AvgIpc) is 3.14. The number of carboxylic acid groups (broad SMARTS) is 1. The van der Waals surface area contributed by atoms with Crippen LogP contribution >= 0.6 is 0 Å². The van der Waals surface area contributed by atoms with Gasteiger partial charge in [-0.05, 0) is 84.1 Å². The SMILES string of the molecule is CCCCCCCCCCCCCC[N+](CCCCCCCCCCCCCC)(C(=O)[C@H](CCCNCCCN)NCCCN)[C@@H](CC(N)=O)C(=O)O. The first kappa shape index (κ1) is 51.4. The van der Waals surface area contributed by atoms with Gasteiger partial charge in [0.2, 0.25) is 11.9 Å². The highest BCUT2D eigenvalue weighted by atomic mass is 16.4. The first-order chi connectivity index (χ1) is 25.8. The molecule has 0 radical (unpaired) electrons. The molecular formula is C43H89N6O4+. The third-order valence-electron chi connectivity index (χ3n) is 11.0. The van der Waals surface area contributed by atoms with Crippen LogP contribution in [0.3, 0.4) is 0 Å². The zero-order chi connectivity index (χ0) is 39.3. The Morgan fingerprint density at radius 2 is 0.925 bits per heavy atom. The average molecular weight is 754 g/mol. The van der Waals surface area contributed by atoms with Gasteiger partial charge in [0.25, 0.3) is 0 Å². The van der Waals surface area contributed by atoms with Crippen LogP contribution in [-0.2, 0) is 14.4 Å². The molecule has 0 unspecified atom stereocenters. The molecule has 0 fully saturated rings. The number of nitrogens with one attached hydrogen (secondary N) is 2. The molecule has 0 aliphatic rings. The number of hydrogen-bond donors (Lipinski definition) is 6. The lowest BCUT2D eigenvalue weighted by molar-refractivity contribution is -0.872. The number of amides is 2. The first-order valence-electron chi connectivity index (χ1n) is 22.6. The lowest BCUT2D eigenvalue weighted by atomic mass is 9.98. The smallest absolute Gasteiger partial charge is 0.363 e. The fraction of sp³-hybridized carbons (Fsp3) is 0.930. The zero-order valence-corrected chi connectivity index (χ0v) is 35.0. The maximum atomic E-state index is 14.9. The number of carboxylic acids is 1. The molecule has 10 nitrogen and oxygen atoms in total. The van der Waals surface area contributed by atoms with E-state index in [4.69, 9.17) is 17.2 Å². The van der Waals surface area contributed by atoms with Gasteiger partial charge in [0.15, 0.2) is 0 Å². The second-order valence-electron chi connectivity index (χ2n) is 15.8. The number of aliphatic carboxylic acids is 1. The Morgan fingerprint density at radius 3 is 1.30 bits per heavy atom. The fourth-order valence-corrected chi connectivity index (χ4v) is 7.72. The molecule has 10 heteroatoms. The van der Waals surface area contributed by atoms with Gasteiger partial charge in [-0.25, -0.2) is 14.1 Å². The van der Waals surface area contributed by atoms with Crippen LogP contribution in [0.1, 0.15) is 200 Å². The van der Waals surface area contributed by atoms with Crippen molar-refractivity contribution in [2.75, 3.05) is 45.8 Å². The van der Waals surface area contributed by atoms with E-state index < -0.39 is 24.0 Å². The van der Waals surface area contributed by atoms with Gasteiger partial charge in [-0.3, -0.25) is 4.79 Å². The molecule has 0 saturated heterocycles. The molecule has 0 aliphatic carbocycles. The van der Waals surface area contributed by atoms with Crippen LogP contribution in [-0.4, -0.2) is 85.3 Å². The molecule has 53 heavy (non-hydrogen) atoms. The standard InChI is InChI=1S/C43H88N6O4/c1-3-5-7-9-11-13-15-17-19-21-23-25-36-49(40(43(52)53)38-41(46)50,37-26-24-22-20-18-16-14-12-10-8-6-4-2)42(51)39(48-35-29-32-45)30-27-33-47-34-28-31-44/h39-40,47-48H,3-38,44-45H2,1-2H3,(H2-,46,50,52,53)/p+1/t39-,40-/m0/s1. The van der Waals surface area contributed by atoms with Crippen molar-refractivity contribution < 1.29 is 24.0 Å². The molecule has 0 saturated carbocycles. The highest BCUT2D eigenvalue weighted by molar-refractivity contribution is 5.85. The first-order valence-corrected chi connectivity index (χ1v) is 22.6. The normalized spacial score (nSPS) is 13.0. The van der Waals surface area contributed by atoms with Crippen LogP contribution in [0.2, 0.25) is 0 Å². The van der Waals surface area contributed by atoms with E-state index >= 15 is 0 Å². The summed E-state index contributed by atoms with van der Waals surface area (Å²) in [4.78, 5) is 40.4.